The van der Waals surface area contributed by atoms with Crippen molar-refractivity contribution in [1.29, 1.82) is 0 Å². The topological polar surface area (TPSA) is 78.8 Å². The summed E-state index contributed by atoms with van der Waals surface area (Å²) in [5, 5.41) is 0.0881. The van der Waals surface area contributed by atoms with Gasteiger partial charge in [-0.15, -0.1) is 0 Å². The number of hydrogen-bond acceptors (Lipinski definition) is 5. The third-order valence-corrected chi connectivity index (χ3v) is 6.29. The predicted molar refractivity (Wildman–Crippen MR) is 101 cm³/mol. The predicted octanol–water partition coefficient (Wildman–Crippen LogP) is 3.68. The fourth-order valence-corrected chi connectivity index (χ4v) is 4.18. The number of halogens is 4. The summed E-state index contributed by atoms with van der Waals surface area (Å²) in [6, 6.07) is 9.42. The van der Waals surface area contributed by atoms with E-state index in [1.807, 2.05) is 30.3 Å². The summed E-state index contributed by atoms with van der Waals surface area (Å²) in [4.78, 5) is 12.0. The number of fused-ring (bicyclic) bond motifs is 1. The van der Waals surface area contributed by atoms with E-state index >= 15 is 0 Å². The lowest BCUT2D eigenvalue weighted by molar-refractivity contribution is 0.0470. The second-order valence-corrected chi connectivity index (χ2v) is 8.23. The van der Waals surface area contributed by atoms with Crippen molar-refractivity contribution >= 4 is 44.6 Å². The van der Waals surface area contributed by atoms with Crippen LogP contribution in [-0.4, -0.2) is 36.4 Å². The van der Waals surface area contributed by atoms with Gasteiger partial charge >= 0.3 is 0 Å². The van der Waals surface area contributed by atoms with E-state index < -0.39 is 16.2 Å². The van der Waals surface area contributed by atoms with E-state index in [9.17, 15) is 8.78 Å². The van der Waals surface area contributed by atoms with Crippen LogP contribution in [0.2, 0.25) is 5.15 Å². The quantitative estimate of drug-likeness (QED) is 0.450. The molecule has 1 aromatic carbocycles. The maximum absolute atomic E-state index is 14.5. The van der Waals surface area contributed by atoms with Crippen molar-refractivity contribution in [3.05, 3.63) is 47.4 Å². The van der Waals surface area contributed by atoms with Gasteiger partial charge in [0, 0.05) is 6.54 Å². The van der Waals surface area contributed by atoms with E-state index in [1.54, 1.807) is 0 Å². The molecule has 1 saturated carbocycles. The Morgan fingerprint density at radius 3 is 2.74 bits per heavy atom. The maximum Gasteiger partial charge on any atom is 0.272 e. The third kappa shape index (κ3) is 3.17. The minimum atomic E-state index is -2.93. The number of nitrogens with zero attached hydrogens (tertiary/aromatic N) is 4. The molecule has 1 fully saturated rings. The van der Waals surface area contributed by atoms with Crippen LogP contribution in [0, 0.1) is 5.92 Å². The van der Waals surface area contributed by atoms with Gasteiger partial charge in [-0.25, -0.2) is 13.8 Å². The maximum atomic E-state index is 14.5. The molecule has 4 rings (SSSR count). The molecule has 0 saturated heterocycles. The van der Waals surface area contributed by atoms with Crippen molar-refractivity contribution in [2.45, 2.75) is 23.4 Å². The van der Waals surface area contributed by atoms with Crippen molar-refractivity contribution in [2.24, 2.45) is 5.92 Å². The lowest BCUT2D eigenvalue weighted by atomic mass is 10.2. The van der Waals surface area contributed by atoms with Crippen LogP contribution in [0.25, 0.3) is 11.2 Å². The lowest BCUT2D eigenvalue weighted by Gasteiger charge is -2.11. The number of aromatic nitrogens is 4. The Morgan fingerprint density at radius 1 is 1.26 bits per heavy atom. The normalized spacial score (nSPS) is 23.6. The number of hydrogen-bond donors (Lipinski definition) is 1. The molecule has 6 nitrogen and oxygen atoms in total. The van der Waals surface area contributed by atoms with Gasteiger partial charge in [-0.3, -0.25) is 0 Å². The summed E-state index contributed by atoms with van der Waals surface area (Å²) in [5.41, 5.74) is 7.18. The number of alkyl halides is 3. The molecule has 0 aliphatic heterocycles. The minimum Gasteiger partial charge on any atom is -0.376 e. The highest BCUT2D eigenvalue weighted by atomic mass is 79.9. The fraction of sp³-hybridized carbons (Fsp3) is 0.353. The molecule has 1 aliphatic rings. The van der Waals surface area contributed by atoms with Crippen LogP contribution >= 0.6 is 27.5 Å². The standard InChI is InChI=1S/C17H15BrClF2N5O/c18-16(8-26-9-23-12-13(19)24-15(22)25-14(12)26)11(17(16,20)21)7-27-6-10-4-2-1-3-5-10/h1-5,9,11H,6-8H2,(H2,22,24,25). The second-order valence-electron chi connectivity index (χ2n) is 6.46. The van der Waals surface area contributed by atoms with E-state index in [4.69, 9.17) is 22.1 Å². The third-order valence-electron chi connectivity index (χ3n) is 4.70. The highest BCUT2D eigenvalue weighted by Gasteiger charge is 2.79. The van der Waals surface area contributed by atoms with Crippen LogP contribution in [-0.2, 0) is 17.9 Å². The van der Waals surface area contributed by atoms with E-state index in [-0.39, 0.29) is 30.9 Å². The van der Waals surface area contributed by atoms with E-state index in [2.05, 4.69) is 30.9 Å². The van der Waals surface area contributed by atoms with Gasteiger partial charge in [0.2, 0.25) is 5.95 Å². The summed E-state index contributed by atoms with van der Waals surface area (Å²) >= 11 is 9.21. The average molecular weight is 459 g/mol. The molecule has 2 unspecified atom stereocenters. The molecule has 2 heterocycles. The van der Waals surface area contributed by atoms with Crippen molar-refractivity contribution in [1.82, 2.24) is 19.5 Å². The van der Waals surface area contributed by atoms with Crippen LogP contribution in [0.3, 0.4) is 0 Å². The minimum absolute atomic E-state index is 0.0387. The number of benzene rings is 1. The Labute approximate surface area is 166 Å². The average Bonchev–Trinajstić information content (AvgIpc) is 2.90. The summed E-state index contributed by atoms with van der Waals surface area (Å²) < 4.78 is 34.5. The molecule has 10 heteroatoms. The lowest BCUT2D eigenvalue weighted by Crippen LogP contribution is -2.19. The number of imidazole rings is 1. The molecule has 3 aromatic rings. The first kappa shape index (κ1) is 18.5. The summed E-state index contributed by atoms with van der Waals surface area (Å²) in [6.45, 7) is 0.157. The van der Waals surface area contributed by atoms with Crippen LogP contribution in [0.4, 0.5) is 14.7 Å². The van der Waals surface area contributed by atoms with E-state index in [1.165, 1.54) is 10.9 Å². The second kappa shape index (κ2) is 6.65. The Balaban J connectivity index is 1.48. The van der Waals surface area contributed by atoms with Crippen LogP contribution < -0.4 is 5.73 Å². The SMILES string of the molecule is Nc1nc(Cl)c2ncn(CC3(Br)C(COCc4ccccc4)C3(F)F)c2n1. The van der Waals surface area contributed by atoms with Crippen molar-refractivity contribution < 1.29 is 13.5 Å². The van der Waals surface area contributed by atoms with Gasteiger partial charge in [-0.1, -0.05) is 57.9 Å². The molecule has 2 aromatic heterocycles. The number of ether oxygens (including phenoxy) is 1. The molecule has 27 heavy (non-hydrogen) atoms. The molecule has 2 atom stereocenters. The zero-order valence-corrected chi connectivity index (χ0v) is 16.3. The molecular weight excluding hydrogens is 444 g/mol. The summed E-state index contributed by atoms with van der Waals surface area (Å²) in [5.74, 6) is -3.94. The Hall–Kier alpha value is -1.84. The molecule has 0 radical (unpaired) electrons. The number of nitrogens with two attached hydrogens (primary N) is 1. The Kier molecular flexibility index (Phi) is 4.56. The molecule has 1 aliphatic carbocycles. The van der Waals surface area contributed by atoms with Gasteiger partial charge in [0.1, 0.15) is 9.84 Å². The van der Waals surface area contributed by atoms with Gasteiger partial charge in [-0.2, -0.15) is 9.97 Å². The van der Waals surface area contributed by atoms with Gasteiger partial charge in [0.05, 0.1) is 25.5 Å². The number of anilines is 1. The molecule has 0 spiro atoms. The highest BCUT2D eigenvalue weighted by Crippen LogP contribution is 2.65. The van der Waals surface area contributed by atoms with Crippen molar-refractivity contribution in [3.8, 4) is 0 Å². The first-order chi connectivity index (χ1) is 12.8. The first-order valence-corrected chi connectivity index (χ1v) is 9.32. The van der Waals surface area contributed by atoms with Gasteiger partial charge in [0.25, 0.3) is 5.92 Å². The van der Waals surface area contributed by atoms with Crippen molar-refractivity contribution in [2.75, 3.05) is 12.3 Å². The smallest absolute Gasteiger partial charge is 0.272 e. The molecule has 0 bridgehead atoms. The zero-order chi connectivity index (χ0) is 19.2. The van der Waals surface area contributed by atoms with Crippen LogP contribution in [0.15, 0.2) is 36.7 Å². The van der Waals surface area contributed by atoms with Gasteiger partial charge in [0.15, 0.2) is 10.8 Å². The first-order valence-electron chi connectivity index (χ1n) is 8.15. The largest absolute Gasteiger partial charge is 0.376 e. The van der Waals surface area contributed by atoms with Gasteiger partial charge < -0.3 is 15.0 Å². The summed E-state index contributed by atoms with van der Waals surface area (Å²) in [7, 11) is 0. The van der Waals surface area contributed by atoms with Crippen LogP contribution in [0.5, 0.6) is 0 Å². The number of nitrogen functional groups attached to an aromatic ring is 1. The molecule has 142 valence electrons. The zero-order valence-electron chi connectivity index (χ0n) is 13.9. The van der Waals surface area contributed by atoms with Crippen LogP contribution in [0.1, 0.15) is 5.56 Å². The Morgan fingerprint density at radius 2 is 2.00 bits per heavy atom. The van der Waals surface area contributed by atoms with Crippen molar-refractivity contribution in [3.63, 3.8) is 0 Å². The molecular formula is C17H15BrClF2N5O. The fourth-order valence-electron chi connectivity index (χ4n) is 3.11. The highest BCUT2D eigenvalue weighted by molar-refractivity contribution is 9.10. The summed E-state index contributed by atoms with van der Waals surface area (Å²) in [6.07, 6.45) is 1.41. The Bertz CT molecular complexity index is 986. The monoisotopic (exact) mass is 457 g/mol. The number of rotatable bonds is 6. The molecule has 0 amide bonds. The van der Waals surface area contributed by atoms with E-state index in [0.717, 1.165) is 5.56 Å². The van der Waals surface area contributed by atoms with E-state index in [0.29, 0.717) is 11.2 Å². The van der Waals surface area contributed by atoms with Gasteiger partial charge in [-0.05, 0) is 5.56 Å². The molecule has 2 N–H and O–H groups in total.